The van der Waals surface area contributed by atoms with Gasteiger partial charge in [0.2, 0.25) is 0 Å². The second kappa shape index (κ2) is 21.2. The third kappa shape index (κ3) is 16.2. The van der Waals surface area contributed by atoms with Crippen LogP contribution in [0.2, 0.25) is 0 Å². The third-order valence-electron chi connectivity index (χ3n) is 6.91. The molecule has 0 aliphatic heterocycles. The zero-order valence-corrected chi connectivity index (χ0v) is 22.3. The molecule has 2 rings (SSSR count). The van der Waals surface area contributed by atoms with E-state index in [0.717, 1.165) is 6.54 Å². The number of rotatable bonds is 21. The normalized spacial score (nSPS) is 12.6. The lowest BCUT2D eigenvalue weighted by molar-refractivity contribution is 0.523. The standard InChI is InChI=1S/C34H51N/c35-31-21-13-11-9-7-5-3-1-2-4-6-8-10-12-16-26-34(29-27-32-22-17-14-18-23-32)30-28-33-24-19-15-20-25-33/h14-15,17-20,22-25,27-30,34H,1-13,16,21,26,31,35H2. The van der Waals surface area contributed by atoms with E-state index in [-0.39, 0.29) is 0 Å². The first-order valence-electron chi connectivity index (χ1n) is 14.5. The summed E-state index contributed by atoms with van der Waals surface area (Å²) in [5.74, 6) is 0.496. The van der Waals surface area contributed by atoms with Crippen molar-refractivity contribution >= 4 is 12.2 Å². The number of hydrogen-bond acceptors (Lipinski definition) is 1. The van der Waals surface area contributed by atoms with Gasteiger partial charge in [-0.2, -0.15) is 0 Å². The Bertz CT molecular complexity index is 712. The van der Waals surface area contributed by atoms with Gasteiger partial charge < -0.3 is 5.73 Å². The van der Waals surface area contributed by atoms with Gasteiger partial charge >= 0.3 is 0 Å². The van der Waals surface area contributed by atoms with Crippen molar-refractivity contribution in [3.8, 4) is 0 Å². The molecule has 0 fully saturated rings. The Hall–Kier alpha value is -2.12. The van der Waals surface area contributed by atoms with E-state index in [9.17, 15) is 0 Å². The van der Waals surface area contributed by atoms with Crippen LogP contribution in [0.25, 0.3) is 12.2 Å². The maximum atomic E-state index is 5.55. The predicted molar refractivity (Wildman–Crippen MR) is 157 cm³/mol. The minimum Gasteiger partial charge on any atom is -0.330 e. The molecule has 0 saturated carbocycles. The molecule has 0 aliphatic rings. The molecule has 0 bridgehead atoms. The van der Waals surface area contributed by atoms with E-state index in [1.807, 2.05) is 0 Å². The van der Waals surface area contributed by atoms with Crippen molar-refractivity contribution in [1.29, 1.82) is 0 Å². The molecule has 0 aromatic heterocycles. The van der Waals surface area contributed by atoms with Crippen molar-refractivity contribution in [3.05, 3.63) is 83.9 Å². The van der Waals surface area contributed by atoms with Gasteiger partial charge in [0.15, 0.2) is 0 Å². The Balaban J connectivity index is 1.53. The molecular formula is C34H51N. The van der Waals surface area contributed by atoms with Gasteiger partial charge in [0.25, 0.3) is 0 Å². The highest BCUT2D eigenvalue weighted by Crippen LogP contribution is 2.19. The number of nitrogens with two attached hydrogens (primary N) is 1. The van der Waals surface area contributed by atoms with E-state index in [2.05, 4.69) is 85.0 Å². The minimum absolute atomic E-state index is 0.496. The molecule has 0 radical (unpaired) electrons. The first-order chi connectivity index (χ1) is 17.4. The Kier molecular flexibility index (Phi) is 17.6. The van der Waals surface area contributed by atoms with Crippen molar-refractivity contribution < 1.29 is 0 Å². The van der Waals surface area contributed by atoms with Gasteiger partial charge in [-0.15, -0.1) is 0 Å². The first kappa shape index (κ1) is 29.1. The van der Waals surface area contributed by atoms with Crippen LogP contribution in [0, 0.1) is 5.92 Å². The molecule has 0 amide bonds. The second-order valence-corrected chi connectivity index (χ2v) is 10.1. The van der Waals surface area contributed by atoms with Gasteiger partial charge in [0, 0.05) is 0 Å². The number of benzene rings is 2. The fourth-order valence-corrected chi connectivity index (χ4v) is 4.68. The van der Waals surface area contributed by atoms with Gasteiger partial charge in [-0.25, -0.2) is 0 Å². The largest absolute Gasteiger partial charge is 0.330 e. The van der Waals surface area contributed by atoms with E-state index in [1.54, 1.807) is 0 Å². The van der Waals surface area contributed by atoms with Crippen molar-refractivity contribution in [2.24, 2.45) is 11.7 Å². The van der Waals surface area contributed by atoms with Gasteiger partial charge in [-0.05, 0) is 36.4 Å². The maximum Gasteiger partial charge on any atom is -0.00468 e. The molecular weight excluding hydrogens is 422 g/mol. The maximum absolute atomic E-state index is 5.55. The second-order valence-electron chi connectivity index (χ2n) is 10.1. The zero-order chi connectivity index (χ0) is 24.7. The molecule has 0 spiro atoms. The smallest absolute Gasteiger partial charge is 0.00468 e. The van der Waals surface area contributed by atoms with Gasteiger partial charge in [0.05, 0.1) is 0 Å². The molecule has 2 N–H and O–H groups in total. The number of hydrogen-bond donors (Lipinski definition) is 1. The van der Waals surface area contributed by atoms with Crippen LogP contribution in [0.4, 0.5) is 0 Å². The molecule has 0 unspecified atom stereocenters. The fraction of sp³-hybridized carbons (Fsp3) is 0.529. The molecule has 1 heteroatoms. The molecule has 1 nitrogen and oxygen atoms in total. The molecule has 0 saturated heterocycles. The van der Waals surface area contributed by atoms with E-state index in [4.69, 9.17) is 5.73 Å². The van der Waals surface area contributed by atoms with Gasteiger partial charge in [0.1, 0.15) is 0 Å². The van der Waals surface area contributed by atoms with Crippen LogP contribution in [-0.2, 0) is 0 Å². The molecule has 2 aromatic rings. The Labute approximate surface area is 216 Å². The summed E-state index contributed by atoms with van der Waals surface area (Å²) >= 11 is 0. The van der Waals surface area contributed by atoms with E-state index < -0.39 is 0 Å². The summed E-state index contributed by atoms with van der Waals surface area (Å²) in [4.78, 5) is 0. The van der Waals surface area contributed by atoms with Crippen molar-refractivity contribution in [3.63, 3.8) is 0 Å². The van der Waals surface area contributed by atoms with E-state index in [0.29, 0.717) is 5.92 Å². The van der Waals surface area contributed by atoms with Gasteiger partial charge in [-0.3, -0.25) is 0 Å². The summed E-state index contributed by atoms with van der Waals surface area (Å²) in [6, 6.07) is 21.3. The van der Waals surface area contributed by atoms with Gasteiger partial charge in [-0.1, -0.05) is 175 Å². The van der Waals surface area contributed by atoms with Crippen LogP contribution in [0.3, 0.4) is 0 Å². The zero-order valence-electron chi connectivity index (χ0n) is 22.3. The lowest BCUT2D eigenvalue weighted by atomic mass is 9.97. The van der Waals surface area contributed by atoms with Crippen molar-refractivity contribution in [2.45, 2.75) is 103 Å². The first-order valence-corrected chi connectivity index (χ1v) is 14.5. The van der Waals surface area contributed by atoms with E-state index >= 15 is 0 Å². The average molecular weight is 474 g/mol. The quantitative estimate of drug-likeness (QED) is 0.179. The third-order valence-corrected chi connectivity index (χ3v) is 6.91. The Morgan fingerprint density at radius 3 is 1.17 bits per heavy atom. The number of allylic oxidation sites excluding steroid dienone is 2. The highest BCUT2D eigenvalue weighted by atomic mass is 14.5. The Morgan fingerprint density at radius 2 is 0.800 bits per heavy atom. The average Bonchev–Trinajstić information content (AvgIpc) is 2.90. The van der Waals surface area contributed by atoms with Crippen molar-refractivity contribution in [2.75, 3.05) is 6.54 Å². The predicted octanol–water partition coefficient (Wildman–Crippen LogP) is 10.2. The summed E-state index contributed by atoms with van der Waals surface area (Å²) in [5, 5.41) is 0. The topological polar surface area (TPSA) is 26.0 Å². The summed E-state index contributed by atoms with van der Waals surface area (Å²) in [7, 11) is 0. The van der Waals surface area contributed by atoms with Crippen molar-refractivity contribution in [1.82, 2.24) is 0 Å². The SMILES string of the molecule is NCCCCCCCCCCCCCCCCCC(C=Cc1ccccc1)C=Cc1ccccc1. The highest BCUT2D eigenvalue weighted by Gasteiger charge is 2.02. The molecule has 35 heavy (non-hydrogen) atoms. The lowest BCUT2D eigenvalue weighted by Gasteiger charge is -2.09. The van der Waals surface area contributed by atoms with Crippen LogP contribution in [0.1, 0.15) is 114 Å². The lowest BCUT2D eigenvalue weighted by Crippen LogP contribution is -1.97. The van der Waals surface area contributed by atoms with Crippen LogP contribution in [0.15, 0.2) is 72.8 Å². The Morgan fingerprint density at radius 1 is 0.457 bits per heavy atom. The highest BCUT2D eigenvalue weighted by molar-refractivity contribution is 5.52. The molecule has 0 atom stereocenters. The summed E-state index contributed by atoms with van der Waals surface area (Å²) in [5.41, 5.74) is 8.12. The molecule has 192 valence electrons. The molecule has 0 aliphatic carbocycles. The molecule has 2 aromatic carbocycles. The summed E-state index contributed by atoms with van der Waals surface area (Å²) in [6.45, 7) is 0.860. The van der Waals surface area contributed by atoms with Crippen LogP contribution in [0.5, 0.6) is 0 Å². The van der Waals surface area contributed by atoms with Crippen LogP contribution >= 0.6 is 0 Å². The van der Waals surface area contributed by atoms with Crippen LogP contribution < -0.4 is 5.73 Å². The minimum atomic E-state index is 0.496. The monoisotopic (exact) mass is 473 g/mol. The summed E-state index contributed by atoms with van der Waals surface area (Å²) in [6.07, 6.45) is 31.4. The fourth-order valence-electron chi connectivity index (χ4n) is 4.68. The van der Waals surface area contributed by atoms with Crippen LogP contribution in [-0.4, -0.2) is 6.54 Å². The molecule has 0 heterocycles. The summed E-state index contributed by atoms with van der Waals surface area (Å²) < 4.78 is 0. The van der Waals surface area contributed by atoms with E-state index in [1.165, 1.54) is 114 Å². The number of unbranched alkanes of at least 4 members (excludes halogenated alkanes) is 14.